The first-order valence-electron chi connectivity index (χ1n) is 5.98. The van der Waals surface area contributed by atoms with Gasteiger partial charge in [0.15, 0.2) is 0 Å². The van der Waals surface area contributed by atoms with E-state index in [0.717, 1.165) is 22.1 Å². The minimum atomic E-state index is -0.395. The molecule has 0 saturated heterocycles. The zero-order valence-corrected chi connectivity index (χ0v) is 10.4. The molecule has 0 aliphatic rings. The second-order valence-electron chi connectivity index (χ2n) is 4.48. The second-order valence-corrected chi connectivity index (χ2v) is 4.48. The predicted molar refractivity (Wildman–Crippen MR) is 74.3 cm³/mol. The molecule has 3 heteroatoms. The lowest BCUT2D eigenvalue weighted by Gasteiger charge is -2.07. The Labute approximate surface area is 109 Å². The Kier molecular flexibility index (Phi) is 2.60. The molecule has 1 heterocycles. The maximum Gasteiger partial charge on any atom is 0.336 e. The van der Waals surface area contributed by atoms with Crippen molar-refractivity contribution in [1.29, 1.82) is 0 Å². The average molecular weight is 252 g/mol. The number of para-hydroxylation sites is 1. The standard InChI is InChI=1S/C16H12O3/c1-10-6-7-11(8-14(10)17)13-9-16(18)19-15-5-3-2-4-12(13)15/h2-9,17H,1H3. The Bertz CT molecular complexity index is 816. The molecule has 0 spiro atoms. The minimum Gasteiger partial charge on any atom is -0.508 e. The number of phenolic OH excluding ortho intramolecular Hbond substituents is 1. The van der Waals surface area contributed by atoms with Crippen molar-refractivity contribution in [3.8, 4) is 16.9 Å². The van der Waals surface area contributed by atoms with Crippen LogP contribution in [0.4, 0.5) is 0 Å². The molecule has 1 aromatic heterocycles. The molecular weight excluding hydrogens is 240 g/mol. The van der Waals surface area contributed by atoms with E-state index in [4.69, 9.17) is 4.42 Å². The van der Waals surface area contributed by atoms with Crippen LogP contribution in [0.2, 0.25) is 0 Å². The lowest BCUT2D eigenvalue weighted by Crippen LogP contribution is -1.97. The van der Waals surface area contributed by atoms with Gasteiger partial charge in [0.2, 0.25) is 0 Å². The summed E-state index contributed by atoms with van der Waals surface area (Å²) in [4.78, 5) is 11.6. The molecule has 3 aromatic rings. The fourth-order valence-electron chi connectivity index (χ4n) is 2.13. The monoisotopic (exact) mass is 252 g/mol. The summed E-state index contributed by atoms with van der Waals surface area (Å²) in [6, 6.07) is 14.2. The van der Waals surface area contributed by atoms with Gasteiger partial charge in [-0.15, -0.1) is 0 Å². The molecule has 3 nitrogen and oxygen atoms in total. The van der Waals surface area contributed by atoms with Gasteiger partial charge in [0.05, 0.1) is 0 Å². The van der Waals surface area contributed by atoms with Crippen molar-refractivity contribution >= 4 is 11.0 Å². The van der Waals surface area contributed by atoms with Crippen molar-refractivity contribution < 1.29 is 9.52 Å². The molecule has 0 fully saturated rings. The predicted octanol–water partition coefficient (Wildman–Crippen LogP) is 3.47. The van der Waals surface area contributed by atoms with Gasteiger partial charge in [0.1, 0.15) is 11.3 Å². The largest absolute Gasteiger partial charge is 0.508 e. The number of rotatable bonds is 1. The van der Waals surface area contributed by atoms with Gasteiger partial charge in [0.25, 0.3) is 0 Å². The van der Waals surface area contributed by atoms with Crippen molar-refractivity contribution in [3.63, 3.8) is 0 Å². The van der Waals surface area contributed by atoms with Crippen LogP contribution in [0.5, 0.6) is 5.75 Å². The number of fused-ring (bicyclic) bond motifs is 1. The number of aromatic hydroxyl groups is 1. The summed E-state index contributed by atoms with van der Waals surface area (Å²) in [6.07, 6.45) is 0. The van der Waals surface area contributed by atoms with Crippen LogP contribution in [0, 0.1) is 6.92 Å². The third kappa shape index (κ3) is 1.99. The maximum atomic E-state index is 11.6. The molecule has 0 unspecified atom stereocenters. The summed E-state index contributed by atoms with van der Waals surface area (Å²) in [6.45, 7) is 1.83. The third-order valence-corrected chi connectivity index (χ3v) is 3.17. The highest BCUT2D eigenvalue weighted by molar-refractivity contribution is 5.93. The van der Waals surface area contributed by atoms with E-state index in [-0.39, 0.29) is 5.75 Å². The molecular formula is C16H12O3. The summed E-state index contributed by atoms with van der Waals surface area (Å²) in [5.41, 5.74) is 2.52. The first-order valence-corrected chi connectivity index (χ1v) is 5.98. The van der Waals surface area contributed by atoms with Gasteiger partial charge in [-0.3, -0.25) is 0 Å². The normalized spacial score (nSPS) is 10.8. The van der Waals surface area contributed by atoms with E-state index < -0.39 is 5.63 Å². The Balaban J connectivity index is 2.35. The summed E-state index contributed by atoms with van der Waals surface area (Å²) in [5.74, 6) is 0.217. The quantitative estimate of drug-likeness (QED) is 0.674. The molecule has 0 amide bonds. The first-order chi connectivity index (χ1) is 9.15. The molecule has 0 saturated carbocycles. The molecule has 3 rings (SSSR count). The van der Waals surface area contributed by atoms with Crippen molar-refractivity contribution in [1.82, 2.24) is 0 Å². The minimum absolute atomic E-state index is 0.217. The van der Waals surface area contributed by atoms with Crippen molar-refractivity contribution in [2.45, 2.75) is 6.92 Å². The Morgan fingerprint density at radius 1 is 1.05 bits per heavy atom. The van der Waals surface area contributed by atoms with Crippen LogP contribution in [0.15, 0.2) is 57.7 Å². The van der Waals surface area contributed by atoms with Crippen LogP contribution in [-0.4, -0.2) is 5.11 Å². The van der Waals surface area contributed by atoms with E-state index in [1.165, 1.54) is 6.07 Å². The molecule has 1 N–H and O–H groups in total. The molecule has 0 atom stereocenters. The van der Waals surface area contributed by atoms with Crippen molar-refractivity contribution in [3.05, 3.63) is 64.5 Å². The van der Waals surface area contributed by atoms with Gasteiger partial charge in [-0.1, -0.05) is 30.3 Å². The van der Waals surface area contributed by atoms with Gasteiger partial charge in [-0.25, -0.2) is 4.79 Å². The molecule has 94 valence electrons. The zero-order chi connectivity index (χ0) is 13.4. The number of hydrogen-bond donors (Lipinski definition) is 1. The molecule has 0 bridgehead atoms. The fraction of sp³-hybridized carbons (Fsp3) is 0.0625. The number of phenols is 1. The van der Waals surface area contributed by atoms with Crippen LogP contribution >= 0.6 is 0 Å². The molecule has 0 aliphatic heterocycles. The topological polar surface area (TPSA) is 50.4 Å². The van der Waals surface area contributed by atoms with E-state index in [2.05, 4.69) is 0 Å². The van der Waals surface area contributed by atoms with Crippen molar-refractivity contribution in [2.75, 3.05) is 0 Å². The Morgan fingerprint density at radius 3 is 2.63 bits per heavy atom. The van der Waals surface area contributed by atoms with E-state index in [0.29, 0.717) is 5.58 Å². The summed E-state index contributed by atoms with van der Waals surface area (Å²) >= 11 is 0. The van der Waals surface area contributed by atoms with Crippen LogP contribution < -0.4 is 5.63 Å². The highest BCUT2D eigenvalue weighted by Gasteiger charge is 2.08. The van der Waals surface area contributed by atoms with Gasteiger partial charge < -0.3 is 9.52 Å². The van der Waals surface area contributed by atoms with Crippen LogP contribution in [-0.2, 0) is 0 Å². The second kappa shape index (κ2) is 4.28. The highest BCUT2D eigenvalue weighted by Crippen LogP contribution is 2.30. The number of hydrogen-bond acceptors (Lipinski definition) is 3. The van der Waals surface area contributed by atoms with Crippen LogP contribution in [0.25, 0.3) is 22.1 Å². The maximum absolute atomic E-state index is 11.6. The highest BCUT2D eigenvalue weighted by atomic mass is 16.4. The van der Waals surface area contributed by atoms with Gasteiger partial charge in [0, 0.05) is 11.5 Å². The lowest BCUT2D eigenvalue weighted by molar-refractivity contribution is 0.471. The number of aryl methyl sites for hydroxylation is 1. The molecule has 19 heavy (non-hydrogen) atoms. The molecule has 0 radical (unpaired) electrons. The van der Waals surface area contributed by atoms with E-state index in [1.807, 2.05) is 37.3 Å². The third-order valence-electron chi connectivity index (χ3n) is 3.17. The average Bonchev–Trinajstić information content (AvgIpc) is 2.41. The van der Waals surface area contributed by atoms with Gasteiger partial charge in [-0.2, -0.15) is 0 Å². The lowest BCUT2D eigenvalue weighted by atomic mass is 10.0. The smallest absolute Gasteiger partial charge is 0.336 e. The molecule has 0 aliphatic carbocycles. The zero-order valence-electron chi connectivity index (χ0n) is 10.4. The number of benzene rings is 2. The van der Waals surface area contributed by atoms with Crippen molar-refractivity contribution in [2.24, 2.45) is 0 Å². The summed E-state index contributed by atoms with van der Waals surface area (Å²) in [5, 5.41) is 10.7. The summed E-state index contributed by atoms with van der Waals surface area (Å²) in [7, 11) is 0. The molecule has 2 aromatic carbocycles. The van der Waals surface area contributed by atoms with E-state index in [9.17, 15) is 9.90 Å². The van der Waals surface area contributed by atoms with Gasteiger partial charge >= 0.3 is 5.63 Å². The SMILES string of the molecule is Cc1ccc(-c2cc(=O)oc3ccccc23)cc1O. The van der Waals surface area contributed by atoms with Crippen LogP contribution in [0.1, 0.15) is 5.56 Å². The fourth-order valence-corrected chi connectivity index (χ4v) is 2.13. The Hall–Kier alpha value is -2.55. The first kappa shape index (κ1) is 11.5. The van der Waals surface area contributed by atoms with Gasteiger partial charge in [-0.05, 0) is 35.7 Å². The van der Waals surface area contributed by atoms with Crippen LogP contribution in [0.3, 0.4) is 0 Å². The van der Waals surface area contributed by atoms with E-state index >= 15 is 0 Å². The van der Waals surface area contributed by atoms with E-state index in [1.54, 1.807) is 12.1 Å². The summed E-state index contributed by atoms with van der Waals surface area (Å²) < 4.78 is 5.16. The Morgan fingerprint density at radius 2 is 1.84 bits per heavy atom.